The quantitative estimate of drug-likeness (QED) is 0.577. The lowest BCUT2D eigenvalue weighted by atomic mass is 9.95. The van der Waals surface area contributed by atoms with Gasteiger partial charge in [-0.15, -0.1) is 0 Å². The minimum atomic E-state index is -1.24. The largest absolute Gasteiger partial charge is 0.436 e. The van der Waals surface area contributed by atoms with E-state index in [0.717, 1.165) is 29.3 Å². The predicted molar refractivity (Wildman–Crippen MR) is 125 cm³/mol. The van der Waals surface area contributed by atoms with E-state index in [0.29, 0.717) is 11.3 Å². The molecule has 1 aliphatic heterocycles. The van der Waals surface area contributed by atoms with E-state index in [1.54, 1.807) is 19.2 Å². The smallest absolute Gasteiger partial charge is 0.408 e. The summed E-state index contributed by atoms with van der Waals surface area (Å²) in [6.45, 7) is 1.17. The topological polar surface area (TPSA) is 87.7 Å². The Kier molecular flexibility index (Phi) is 6.77. The molecule has 0 aliphatic carbocycles. The van der Waals surface area contributed by atoms with Crippen LogP contribution in [0.4, 0.5) is 19.3 Å². The summed E-state index contributed by atoms with van der Waals surface area (Å²) in [7, 11) is 1.63. The van der Waals surface area contributed by atoms with E-state index < -0.39 is 35.8 Å². The molecule has 3 amide bonds. The number of carbonyl (C=O) groups is 3. The Balaban J connectivity index is 1.46. The SMILES string of the molecule is C[C@H](OC(=O)NCc1cc(F)cc(F)c1)C(=O)NC1C(=O)N(C)c2ccccc2-c2ccccc21. The van der Waals surface area contributed by atoms with Crippen molar-refractivity contribution in [1.82, 2.24) is 10.6 Å². The van der Waals surface area contributed by atoms with Crippen LogP contribution in [0, 0.1) is 11.6 Å². The van der Waals surface area contributed by atoms with Crippen LogP contribution in [-0.4, -0.2) is 31.1 Å². The molecule has 0 radical (unpaired) electrons. The fourth-order valence-electron chi connectivity index (χ4n) is 3.98. The number of para-hydroxylation sites is 1. The molecule has 0 bridgehead atoms. The van der Waals surface area contributed by atoms with Crippen LogP contribution in [0.25, 0.3) is 11.1 Å². The molecule has 1 heterocycles. The van der Waals surface area contributed by atoms with Gasteiger partial charge in [0.15, 0.2) is 6.10 Å². The summed E-state index contributed by atoms with van der Waals surface area (Å²) in [5.41, 5.74) is 3.18. The fourth-order valence-corrected chi connectivity index (χ4v) is 3.98. The van der Waals surface area contributed by atoms with Gasteiger partial charge in [0.25, 0.3) is 11.8 Å². The van der Waals surface area contributed by atoms with Gasteiger partial charge in [-0.1, -0.05) is 42.5 Å². The Morgan fingerprint density at radius 2 is 1.63 bits per heavy atom. The van der Waals surface area contributed by atoms with Crippen molar-refractivity contribution in [2.24, 2.45) is 0 Å². The second-order valence-corrected chi connectivity index (χ2v) is 8.12. The van der Waals surface area contributed by atoms with Crippen LogP contribution in [0.3, 0.4) is 0 Å². The number of rotatable bonds is 5. The lowest BCUT2D eigenvalue weighted by Gasteiger charge is -2.24. The second kappa shape index (κ2) is 9.92. The Bertz CT molecular complexity index is 1280. The molecule has 2 atom stereocenters. The maximum absolute atomic E-state index is 13.3. The zero-order valence-corrected chi connectivity index (χ0v) is 19.0. The first-order valence-corrected chi connectivity index (χ1v) is 10.9. The molecule has 3 aromatic rings. The van der Waals surface area contributed by atoms with E-state index >= 15 is 0 Å². The number of carbonyl (C=O) groups excluding carboxylic acids is 3. The van der Waals surface area contributed by atoms with E-state index in [1.165, 1.54) is 11.8 Å². The normalized spacial score (nSPS) is 15.4. The highest BCUT2D eigenvalue weighted by atomic mass is 19.1. The number of alkyl carbamates (subject to hydrolysis) is 1. The molecular weight excluding hydrogens is 456 g/mol. The molecule has 0 saturated heterocycles. The summed E-state index contributed by atoms with van der Waals surface area (Å²) in [5.74, 6) is -2.57. The number of benzene rings is 3. The van der Waals surface area contributed by atoms with Crippen LogP contribution < -0.4 is 15.5 Å². The van der Waals surface area contributed by atoms with Crippen molar-refractivity contribution in [1.29, 1.82) is 0 Å². The molecule has 0 fully saturated rings. The molecule has 7 nitrogen and oxygen atoms in total. The fraction of sp³-hybridized carbons (Fsp3) is 0.192. The summed E-state index contributed by atoms with van der Waals surface area (Å²) in [5, 5.41) is 5.04. The van der Waals surface area contributed by atoms with Gasteiger partial charge < -0.3 is 20.3 Å². The standard InChI is InChI=1S/C26H23F2N3O4/c1-15(35-26(34)29-14-16-11-17(27)13-18(28)12-16)24(32)30-23-21-9-4-3-7-19(21)20-8-5-6-10-22(20)31(2)25(23)33/h3-13,15,23H,14H2,1-2H3,(H,29,34)(H,30,32)/t15-,23?/m0/s1. The first-order valence-electron chi connectivity index (χ1n) is 10.9. The number of fused-ring (bicyclic) bond motifs is 3. The molecule has 180 valence electrons. The van der Waals surface area contributed by atoms with Gasteiger partial charge in [-0.05, 0) is 41.8 Å². The van der Waals surface area contributed by atoms with Gasteiger partial charge in [0, 0.05) is 25.2 Å². The van der Waals surface area contributed by atoms with E-state index in [2.05, 4.69) is 10.6 Å². The first kappa shape index (κ1) is 23.9. The molecule has 4 rings (SSSR count). The highest BCUT2D eigenvalue weighted by Crippen LogP contribution is 2.39. The first-order chi connectivity index (χ1) is 16.7. The number of hydrogen-bond acceptors (Lipinski definition) is 4. The number of likely N-dealkylation sites (N-methyl/N-ethyl adjacent to an activating group) is 1. The third kappa shape index (κ3) is 5.13. The molecule has 1 unspecified atom stereocenters. The molecule has 35 heavy (non-hydrogen) atoms. The molecule has 2 N–H and O–H groups in total. The van der Waals surface area contributed by atoms with Crippen LogP contribution in [0.1, 0.15) is 24.1 Å². The average molecular weight is 479 g/mol. The maximum atomic E-state index is 13.3. The van der Waals surface area contributed by atoms with Crippen molar-refractivity contribution in [3.63, 3.8) is 0 Å². The van der Waals surface area contributed by atoms with E-state index in [4.69, 9.17) is 4.74 Å². The summed E-state index contributed by atoms with van der Waals surface area (Å²) < 4.78 is 31.7. The van der Waals surface area contributed by atoms with Crippen LogP contribution in [0.15, 0.2) is 66.7 Å². The maximum Gasteiger partial charge on any atom is 0.408 e. The molecule has 3 aromatic carbocycles. The molecule has 9 heteroatoms. The zero-order valence-electron chi connectivity index (χ0n) is 19.0. The van der Waals surface area contributed by atoms with Crippen LogP contribution in [-0.2, 0) is 20.9 Å². The summed E-state index contributed by atoms with van der Waals surface area (Å²) in [4.78, 5) is 39.8. The van der Waals surface area contributed by atoms with Crippen molar-refractivity contribution in [3.05, 3.63) is 89.5 Å². The second-order valence-electron chi connectivity index (χ2n) is 8.12. The molecule has 0 saturated carbocycles. The number of hydrogen-bond donors (Lipinski definition) is 2. The van der Waals surface area contributed by atoms with Crippen molar-refractivity contribution in [2.45, 2.75) is 25.6 Å². The average Bonchev–Trinajstić information content (AvgIpc) is 2.92. The van der Waals surface area contributed by atoms with Crippen LogP contribution in [0.5, 0.6) is 0 Å². The Morgan fingerprint density at radius 1 is 1.00 bits per heavy atom. The van der Waals surface area contributed by atoms with Crippen molar-refractivity contribution >= 4 is 23.6 Å². The van der Waals surface area contributed by atoms with Crippen molar-refractivity contribution in [2.75, 3.05) is 11.9 Å². The third-order valence-electron chi connectivity index (χ3n) is 5.70. The summed E-state index contributed by atoms with van der Waals surface area (Å²) in [6.07, 6.45) is -2.19. The Hall–Kier alpha value is -4.27. The Labute approximate surface area is 200 Å². The van der Waals surface area contributed by atoms with Crippen LogP contribution in [0.2, 0.25) is 0 Å². The molecule has 1 aliphatic rings. The third-order valence-corrected chi connectivity index (χ3v) is 5.70. The number of amides is 3. The van der Waals surface area contributed by atoms with Gasteiger partial charge in [-0.3, -0.25) is 9.59 Å². The Morgan fingerprint density at radius 3 is 2.34 bits per heavy atom. The molecule has 0 spiro atoms. The zero-order chi connectivity index (χ0) is 25.1. The number of anilines is 1. The summed E-state index contributed by atoms with van der Waals surface area (Å²) in [6, 6.07) is 16.6. The van der Waals surface area contributed by atoms with Gasteiger partial charge in [-0.2, -0.15) is 0 Å². The van der Waals surface area contributed by atoms with Gasteiger partial charge in [0.1, 0.15) is 17.7 Å². The van der Waals surface area contributed by atoms with E-state index in [1.807, 2.05) is 36.4 Å². The highest BCUT2D eigenvalue weighted by molar-refractivity contribution is 6.06. The minimum Gasteiger partial charge on any atom is -0.436 e. The van der Waals surface area contributed by atoms with Gasteiger partial charge in [-0.25, -0.2) is 13.6 Å². The molecular formula is C26H23F2N3O4. The molecule has 0 aromatic heterocycles. The number of halogens is 2. The minimum absolute atomic E-state index is 0.194. The van der Waals surface area contributed by atoms with Crippen molar-refractivity contribution < 1.29 is 27.9 Å². The number of nitrogens with zero attached hydrogens (tertiary/aromatic N) is 1. The predicted octanol–water partition coefficient (Wildman–Crippen LogP) is 4.08. The van der Waals surface area contributed by atoms with E-state index in [9.17, 15) is 23.2 Å². The van der Waals surface area contributed by atoms with Gasteiger partial charge in [0.2, 0.25) is 0 Å². The lowest BCUT2D eigenvalue weighted by molar-refractivity contribution is -0.132. The monoisotopic (exact) mass is 479 g/mol. The lowest BCUT2D eigenvalue weighted by Crippen LogP contribution is -2.45. The number of nitrogens with one attached hydrogen (secondary N) is 2. The summed E-state index contributed by atoms with van der Waals surface area (Å²) >= 11 is 0. The highest BCUT2D eigenvalue weighted by Gasteiger charge is 2.34. The van der Waals surface area contributed by atoms with Gasteiger partial charge in [0.05, 0.1) is 5.69 Å². The van der Waals surface area contributed by atoms with Crippen molar-refractivity contribution in [3.8, 4) is 11.1 Å². The number of ether oxygens (including phenoxy) is 1. The van der Waals surface area contributed by atoms with Gasteiger partial charge >= 0.3 is 6.09 Å². The van der Waals surface area contributed by atoms with E-state index in [-0.39, 0.29) is 18.0 Å². The van der Waals surface area contributed by atoms with Crippen LogP contribution >= 0.6 is 0 Å².